The number of hydrogen-bond donors (Lipinski definition) is 1. The summed E-state index contributed by atoms with van der Waals surface area (Å²) in [5, 5.41) is 4.20. The first-order valence-electron chi connectivity index (χ1n) is 7.48. The molecule has 1 aliphatic rings. The Balaban J connectivity index is 2.16. The molecule has 1 aliphatic heterocycles. The van der Waals surface area contributed by atoms with Crippen LogP contribution in [0.4, 0.5) is 5.69 Å². The molecule has 0 aliphatic carbocycles. The smallest absolute Gasteiger partial charge is 0.0723 e. The van der Waals surface area contributed by atoms with Gasteiger partial charge < -0.3 is 19.7 Å². The van der Waals surface area contributed by atoms with Gasteiger partial charge in [0, 0.05) is 32.8 Å². The van der Waals surface area contributed by atoms with E-state index in [1.54, 1.807) is 7.11 Å². The molecule has 2 unspecified atom stereocenters. The number of nitrogens with one attached hydrogen (secondary N) is 1. The number of nitrogens with zero attached hydrogens (tertiary/aromatic N) is 1. The average molecular weight is 313 g/mol. The van der Waals surface area contributed by atoms with Gasteiger partial charge in [-0.05, 0) is 25.5 Å². The summed E-state index contributed by atoms with van der Waals surface area (Å²) in [7, 11) is 1.71. The Morgan fingerprint density at radius 3 is 3.00 bits per heavy atom. The van der Waals surface area contributed by atoms with Crippen LogP contribution in [0, 0.1) is 0 Å². The van der Waals surface area contributed by atoms with Gasteiger partial charge in [0.15, 0.2) is 0 Å². The van der Waals surface area contributed by atoms with Gasteiger partial charge in [0.1, 0.15) is 0 Å². The number of benzene rings is 1. The summed E-state index contributed by atoms with van der Waals surface area (Å²) in [6.07, 6.45) is 0.228. The van der Waals surface area contributed by atoms with Crippen LogP contribution in [0.3, 0.4) is 0 Å². The van der Waals surface area contributed by atoms with Crippen LogP contribution in [-0.4, -0.2) is 45.6 Å². The molecule has 21 heavy (non-hydrogen) atoms. The van der Waals surface area contributed by atoms with E-state index in [2.05, 4.69) is 30.1 Å². The Morgan fingerprint density at radius 2 is 2.24 bits per heavy atom. The Kier molecular flexibility index (Phi) is 6.30. The zero-order valence-corrected chi connectivity index (χ0v) is 13.8. The molecule has 5 heteroatoms. The fourth-order valence-electron chi connectivity index (χ4n) is 2.64. The zero-order valence-electron chi connectivity index (χ0n) is 13.1. The minimum absolute atomic E-state index is 0.228. The van der Waals surface area contributed by atoms with Gasteiger partial charge >= 0.3 is 0 Å². The number of halogens is 1. The molecule has 0 saturated carbocycles. The molecule has 1 saturated heterocycles. The zero-order chi connectivity index (χ0) is 15.2. The topological polar surface area (TPSA) is 33.7 Å². The van der Waals surface area contributed by atoms with Crippen LogP contribution in [0.15, 0.2) is 18.2 Å². The number of ether oxygens (including phenoxy) is 2. The predicted molar refractivity (Wildman–Crippen MR) is 87.3 cm³/mol. The molecular formula is C16H25ClN2O2. The highest BCUT2D eigenvalue weighted by Gasteiger charge is 2.26. The molecule has 0 bridgehead atoms. The summed E-state index contributed by atoms with van der Waals surface area (Å²) in [5.41, 5.74) is 2.35. The summed E-state index contributed by atoms with van der Waals surface area (Å²) in [6, 6.07) is 6.43. The lowest BCUT2D eigenvalue weighted by Crippen LogP contribution is -2.48. The molecule has 1 heterocycles. The quantitative estimate of drug-likeness (QED) is 0.819. The highest BCUT2D eigenvalue weighted by atomic mass is 35.5. The molecule has 4 nitrogen and oxygen atoms in total. The number of para-hydroxylation sites is 1. The van der Waals surface area contributed by atoms with Crippen molar-refractivity contribution in [2.24, 2.45) is 0 Å². The molecule has 0 spiro atoms. The molecule has 1 aromatic rings. The SMILES string of the molecule is COCCNCc1cccc(Cl)c1N1CC(C)OCC1C. The van der Waals surface area contributed by atoms with Crippen LogP contribution in [0.25, 0.3) is 0 Å². The third kappa shape index (κ3) is 4.33. The van der Waals surface area contributed by atoms with Crippen molar-refractivity contribution in [2.75, 3.05) is 38.3 Å². The molecule has 2 rings (SSSR count). The van der Waals surface area contributed by atoms with Crippen molar-refractivity contribution in [3.05, 3.63) is 28.8 Å². The van der Waals surface area contributed by atoms with Gasteiger partial charge in [0.25, 0.3) is 0 Å². The second kappa shape index (κ2) is 7.99. The Labute approximate surface area is 132 Å². The summed E-state index contributed by atoms with van der Waals surface area (Å²) in [6.45, 7) is 8.22. The minimum Gasteiger partial charge on any atom is -0.383 e. The predicted octanol–water partition coefficient (Wildman–Crippen LogP) is 2.69. The summed E-state index contributed by atoms with van der Waals surface area (Å²) < 4.78 is 10.8. The molecule has 0 radical (unpaired) electrons. The molecule has 1 aromatic carbocycles. The van der Waals surface area contributed by atoms with Crippen molar-refractivity contribution in [3.63, 3.8) is 0 Å². The van der Waals surface area contributed by atoms with E-state index in [0.717, 1.165) is 37.0 Å². The lowest BCUT2D eigenvalue weighted by molar-refractivity contribution is 0.0343. The van der Waals surface area contributed by atoms with E-state index in [-0.39, 0.29) is 6.10 Å². The normalized spacial score (nSPS) is 22.6. The first-order chi connectivity index (χ1) is 10.1. The molecular weight excluding hydrogens is 288 g/mol. The van der Waals surface area contributed by atoms with Crippen LogP contribution >= 0.6 is 11.6 Å². The van der Waals surface area contributed by atoms with Gasteiger partial charge in [-0.1, -0.05) is 23.7 Å². The second-order valence-corrected chi connectivity index (χ2v) is 5.97. The largest absolute Gasteiger partial charge is 0.383 e. The fourth-order valence-corrected chi connectivity index (χ4v) is 2.94. The number of rotatable bonds is 6. The highest BCUT2D eigenvalue weighted by molar-refractivity contribution is 6.33. The third-order valence-electron chi connectivity index (χ3n) is 3.76. The second-order valence-electron chi connectivity index (χ2n) is 5.56. The van der Waals surface area contributed by atoms with Crippen molar-refractivity contribution >= 4 is 17.3 Å². The Morgan fingerprint density at radius 1 is 1.43 bits per heavy atom. The van der Waals surface area contributed by atoms with E-state index in [9.17, 15) is 0 Å². The van der Waals surface area contributed by atoms with Gasteiger partial charge in [0.05, 0.1) is 30.0 Å². The maximum Gasteiger partial charge on any atom is 0.0723 e. The van der Waals surface area contributed by atoms with E-state index in [1.165, 1.54) is 5.56 Å². The fraction of sp³-hybridized carbons (Fsp3) is 0.625. The maximum atomic E-state index is 6.48. The standard InChI is InChI=1S/C16H25ClN2O2/c1-12-11-21-13(2)10-19(12)16-14(5-4-6-15(16)17)9-18-7-8-20-3/h4-6,12-13,18H,7-11H2,1-3H3. The van der Waals surface area contributed by atoms with Gasteiger partial charge in [-0.15, -0.1) is 0 Å². The van der Waals surface area contributed by atoms with Crippen LogP contribution < -0.4 is 10.2 Å². The van der Waals surface area contributed by atoms with Gasteiger partial charge in [-0.2, -0.15) is 0 Å². The first kappa shape index (κ1) is 16.6. The van der Waals surface area contributed by atoms with Crippen LogP contribution in [-0.2, 0) is 16.0 Å². The van der Waals surface area contributed by atoms with Crippen molar-refractivity contribution in [1.82, 2.24) is 5.32 Å². The third-order valence-corrected chi connectivity index (χ3v) is 4.07. The van der Waals surface area contributed by atoms with Crippen LogP contribution in [0.2, 0.25) is 5.02 Å². The van der Waals surface area contributed by atoms with Crippen LogP contribution in [0.1, 0.15) is 19.4 Å². The Bertz CT molecular complexity index is 456. The van der Waals surface area contributed by atoms with E-state index < -0.39 is 0 Å². The van der Waals surface area contributed by atoms with Crippen molar-refractivity contribution in [3.8, 4) is 0 Å². The number of methoxy groups -OCH3 is 1. The van der Waals surface area contributed by atoms with Crippen molar-refractivity contribution < 1.29 is 9.47 Å². The first-order valence-corrected chi connectivity index (χ1v) is 7.86. The molecule has 0 aromatic heterocycles. The maximum absolute atomic E-state index is 6.48. The summed E-state index contributed by atoms with van der Waals surface area (Å²) in [4.78, 5) is 2.36. The summed E-state index contributed by atoms with van der Waals surface area (Å²) in [5.74, 6) is 0. The Hall–Kier alpha value is -0.810. The lowest BCUT2D eigenvalue weighted by Gasteiger charge is -2.40. The molecule has 1 fully saturated rings. The molecule has 118 valence electrons. The van der Waals surface area contributed by atoms with E-state index in [4.69, 9.17) is 21.1 Å². The molecule has 2 atom stereocenters. The van der Waals surface area contributed by atoms with Gasteiger partial charge in [0.2, 0.25) is 0 Å². The van der Waals surface area contributed by atoms with Gasteiger partial charge in [-0.25, -0.2) is 0 Å². The number of anilines is 1. The molecule has 0 amide bonds. The highest BCUT2D eigenvalue weighted by Crippen LogP contribution is 2.33. The van der Waals surface area contributed by atoms with E-state index in [0.29, 0.717) is 12.6 Å². The van der Waals surface area contributed by atoms with Crippen molar-refractivity contribution in [1.29, 1.82) is 0 Å². The molecule has 1 N–H and O–H groups in total. The number of hydrogen-bond acceptors (Lipinski definition) is 4. The number of morpholine rings is 1. The van der Waals surface area contributed by atoms with Gasteiger partial charge in [-0.3, -0.25) is 0 Å². The lowest BCUT2D eigenvalue weighted by atomic mass is 10.1. The monoisotopic (exact) mass is 312 g/mol. The van der Waals surface area contributed by atoms with Crippen LogP contribution in [0.5, 0.6) is 0 Å². The van der Waals surface area contributed by atoms with Crippen molar-refractivity contribution in [2.45, 2.75) is 32.5 Å². The summed E-state index contributed by atoms with van der Waals surface area (Å²) >= 11 is 6.48. The minimum atomic E-state index is 0.228. The van der Waals surface area contributed by atoms with E-state index >= 15 is 0 Å². The average Bonchev–Trinajstić information content (AvgIpc) is 2.47. The van der Waals surface area contributed by atoms with E-state index in [1.807, 2.05) is 12.1 Å².